The molecule has 0 aliphatic rings. The minimum atomic E-state index is -1.19. The smallest absolute Gasteiger partial charge is 0.328 e. The van der Waals surface area contributed by atoms with Crippen LogP contribution in [0.5, 0.6) is 0 Å². The van der Waals surface area contributed by atoms with Gasteiger partial charge in [-0.25, -0.2) is 10.2 Å². The lowest BCUT2D eigenvalue weighted by molar-refractivity contribution is -0.131. The Balaban J connectivity index is 2.35. The lowest BCUT2D eigenvalue weighted by Crippen LogP contribution is -2.19. The van der Waals surface area contributed by atoms with Crippen molar-refractivity contribution < 1.29 is 14.7 Å². The first-order valence-corrected chi connectivity index (χ1v) is 6.98. The molecular weight excluding hydrogens is 292 g/mol. The van der Waals surface area contributed by atoms with E-state index in [9.17, 15) is 9.59 Å². The van der Waals surface area contributed by atoms with Crippen molar-refractivity contribution in [1.29, 1.82) is 0 Å². The number of nitrogens with zero attached hydrogens (tertiary/aromatic N) is 1. The number of nitrogens with one attached hydrogen (secondary N) is 1. The average Bonchev–Trinajstić information content (AvgIpc) is 2.55. The molecule has 116 valence electrons. The van der Waals surface area contributed by atoms with Gasteiger partial charge in [-0.2, -0.15) is 5.10 Å². The number of aryl methyl sites for hydroxylation is 1. The van der Waals surface area contributed by atoms with E-state index in [4.69, 9.17) is 5.11 Å². The van der Waals surface area contributed by atoms with Crippen molar-refractivity contribution in [3.05, 3.63) is 83.4 Å². The lowest BCUT2D eigenvalue weighted by atomic mass is 9.98. The summed E-state index contributed by atoms with van der Waals surface area (Å²) in [5.74, 6) is -1.79. The summed E-state index contributed by atoms with van der Waals surface area (Å²) >= 11 is 0. The molecule has 0 radical (unpaired) electrons. The van der Waals surface area contributed by atoms with Gasteiger partial charge in [0.2, 0.25) is 0 Å². The molecule has 0 atom stereocenters. The molecule has 0 unspecified atom stereocenters. The monoisotopic (exact) mass is 308 g/mol. The fourth-order valence-electron chi connectivity index (χ4n) is 2.01. The SMILES string of the molecule is Cc1ccccc1C(=NNC(=O)C=CC(=O)O)c1ccccc1. The Kier molecular flexibility index (Phi) is 5.41. The van der Waals surface area contributed by atoms with E-state index in [0.717, 1.165) is 28.8 Å². The number of hydrogen-bond acceptors (Lipinski definition) is 3. The molecule has 23 heavy (non-hydrogen) atoms. The zero-order valence-corrected chi connectivity index (χ0v) is 12.6. The highest BCUT2D eigenvalue weighted by atomic mass is 16.4. The van der Waals surface area contributed by atoms with Crippen LogP contribution in [0.25, 0.3) is 0 Å². The quantitative estimate of drug-likeness (QED) is 0.506. The molecule has 0 heterocycles. The molecule has 5 heteroatoms. The Hall–Kier alpha value is -3.21. The second kappa shape index (κ2) is 7.70. The highest BCUT2D eigenvalue weighted by molar-refractivity contribution is 6.14. The maximum atomic E-state index is 11.6. The van der Waals surface area contributed by atoms with Crippen LogP contribution in [0.1, 0.15) is 16.7 Å². The van der Waals surface area contributed by atoms with E-state index in [0.29, 0.717) is 5.71 Å². The minimum Gasteiger partial charge on any atom is -0.478 e. The van der Waals surface area contributed by atoms with Crippen molar-refractivity contribution in [2.24, 2.45) is 5.10 Å². The van der Waals surface area contributed by atoms with Crippen LogP contribution in [-0.4, -0.2) is 22.7 Å². The van der Waals surface area contributed by atoms with Gasteiger partial charge in [0.05, 0.1) is 5.71 Å². The van der Waals surface area contributed by atoms with Gasteiger partial charge in [-0.3, -0.25) is 4.79 Å². The first-order valence-electron chi connectivity index (χ1n) is 6.98. The lowest BCUT2D eigenvalue weighted by Gasteiger charge is -2.10. The number of benzene rings is 2. The van der Waals surface area contributed by atoms with Crippen molar-refractivity contribution in [3.8, 4) is 0 Å². The standard InChI is InChI=1S/C18H16N2O3/c1-13-7-5-6-10-15(13)18(14-8-3-2-4-9-14)20-19-16(21)11-12-17(22)23/h2-12H,1H3,(H,19,21)(H,22,23). The first kappa shape index (κ1) is 16.2. The van der Waals surface area contributed by atoms with Crippen LogP contribution in [0, 0.1) is 6.92 Å². The molecule has 2 aromatic rings. The van der Waals surface area contributed by atoms with Crippen molar-refractivity contribution >= 4 is 17.6 Å². The zero-order chi connectivity index (χ0) is 16.7. The summed E-state index contributed by atoms with van der Waals surface area (Å²) in [5, 5.41) is 12.7. The molecule has 2 N–H and O–H groups in total. The normalized spacial score (nSPS) is 11.4. The Morgan fingerprint density at radius 1 is 1.00 bits per heavy atom. The number of carbonyl (C=O) groups excluding carboxylic acids is 1. The first-order chi connectivity index (χ1) is 11.1. The van der Waals surface area contributed by atoms with E-state index < -0.39 is 11.9 Å². The van der Waals surface area contributed by atoms with Gasteiger partial charge in [0.1, 0.15) is 0 Å². The highest BCUT2D eigenvalue weighted by Crippen LogP contribution is 2.14. The molecule has 0 fully saturated rings. The molecule has 0 aliphatic carbocycles. The third-order valence-electron chi connectivity index (χ3n) is 3.10. The molecule has 0 aliphatic heterocycles. The number of hydrogen-bond donors (Lipinski definition) is 2. The number of carbonyl (C=O) groups is 2. The van der Waals surface area contributed by atoms with Crippen molar-refractivity contribution in [1.82, 2.24) is 5.43 Å². The van der Waals surface area contributed by atoms with Crippen LogP contribution < -0.4 is 5.43 Å². The third-order valence-corrected chi connectivity index (χ3v) is 3.10. The predicted octanol–water partition coefficient (Wildman–Crippen LogP) is 2.50. The number of carboxylic acid groups (broad SMARTS) is 1. The third kappa shape index (κ3) is 4.64. The van der Waals surface area contributed by atoms with Gasteiger partial charge in [-0.15, -0.1) is 0 Å². The number of amides is 1. The Labute approximate surface area is 134 Å². The number of aliphatic carboxylic acids is 1. The molecule has 5 nitrogen and oxygen atoms in total. The van der Waals surface area contributed by atoms with Crippen molar-refractivity contribution in [2.75, 3.05) is 0 Å². The second-order valence-electron chi connectivity index (χ2n) is 4.79. The topological polar surface area (TPSA) is 78.8 Å². The van der Waals surface area contributed by atoms with E-state index >= 15 is 0 Å². The summed E-state index contributed by atoms with van der Waals surface area (Å²) in [6.45, 7) is 1.96. The van der Waals surface area contributed by atoms with Gasteiger partial charge in [0, 0.05) is 23.3 Å². The molecule has 0 bridgehead atoms. The van der Waals surface area contributed by atoms with Crippen LogP contribution in [0.3, 0.4) is 0 Å². The molecule has 0 saturated carbocycles. The van der Waals surface area contributed by atoms with Crippen LogP contribution in [0.4, 0.5) is 0 Å². The predicted molar refractivity (Wildman–Crippen MR) is 88.2 cm³/mol. The number of carboxylic acids is 1. The summed E-state index contributed by atoms with van der Waals surface area (Å²) in [6.07, 6.45) is 1.69. The highest BCUT2D eigenvalue weighted by Gasteiger charge is 2.09. The molecule has 2 aromatic carbocycles. The van der Waals surface area contributed by atoms with Gasteiger partial charge in [-0.05, 0) is 12.5 Å². The van der Waals surface area contributed by atoms with E-state index in [1.807, 2.05) is 61.5 Å². The number of hydrazone groups is 1. The molecule has 2 rings (SSSR count). The fraction of sp³-hybridized carbons (Fsp3) is 0.0556. The van der Waals surface area contributed by atoms with Crippen LogP contribution in [0.15, 0.2) is 71.9 Å². The van der Waals surface area contributed by atoms with Crippen LogP contribution >= 0.6 is 0 Å². The number of rotatable bonds is 5. The largest absolute Gasteiger partial charge is 0.478 e. The second-order valence-corrected chi connectivity index (χ2v) is 4.79. The Morgan fingerprint density at radius 2 is 1.65 bits per heavy atom. The van der Waals surface area contributed by atoms with Crippen molar-refractivity contribution in [3.63, 3.8) is 0 Å². The van der Waals surface area contributed by atoms with E-state index in [1.165, 1.54) is 0 Å². The van der Waals surface area contributed by atoms with Gasteiger partial charge in [0.25, 0.3) is 5.91 Å². The Morgan fingerprint density at radius 3 is 2.30 bits per heavy atom. The van der Waals surface area contributed by atoms with Gasteiger partial charge in [0.15, 0.2) is 0 Å². The average molecular weight is 308 g/mol. The summed E-state index contributed by atoms with van der Waals surface area (Å²) in [7, 11) is 0. The molecule has 0 spiro atoms. The van der Waals surface area contributed by atoms with Crippen LogP contribution in [-0.2, 0) is 9.59 Å². The van der Waals surface area contributed by atoms with Crippen molar-refractivity contribution in [2.45, 2.75) is 6.92 Å². The van der Waals surface area contributed by atoms with Gasteiger partial charge < -0.3 is 5.11 Å². The molecule has 0 aromatic heterocycles. The summed E-state index contributed by atoms with van der Waals surface area (Å²) in [5.41, 5.74) is 5.73. The fourth-order valence-corrected chi connectivity index (χ4v) is 2.01. The zero-order valence-electron chi connectivity index (χ0n) is 12.6. The van der Waals surface area contributed by atoms with Gasteiger partial charge >= 0.3 is 5.97 Å². The summed E-state index contributed by atoms with van der Waals surface area (Å²) in [6, 6.07) is 17.1. The molecular formula is C18H16N2O3. The molecule has 1 amide bonds. The molecule has 0 saturated heterocycles. The minimum absolute atomic E-state index is 0.602. The summed E-state index contributed by atoms with van der Waals surface area (Å²) in [4.78, 5) is 22.1. The maximum Gasteiger partial charge on any atom is 0.328 e. The summed E-state index contributed by atoms with van der Waals surface area (Å²) < 4.78 is 0. The van der Waals surface area contributed by atoms with Gasteiger partial charge in [-0.1, -0.05) is 54.6 Å². The van der Waals surface area contributed by atoms with Crippen LogP contribution in [0.2, 0.25) is 0 Å². The van der Waals surface area contributed by atoms with E-state index in [1.54, 1.807) is 0 Å². The van der Waals surface area contributed by atoms with E-state index in [2.05, 4.69) is 10.5 Å². The maximum absolute atomic E-state index is 11.6. The Bertz CT molecular complexity index is 765. The van der Waals surface area contributed by atoms with E-state index in [-0.39, 0.29) is 0 Å².